The molecule has 0 unspecified atom stereocenters. The Kier molecular flexibility index (Phi) is 6.74. The maximum absolute atomic E-state index is 6.85. The molecule has 13 aromatic rings. The number of fused-ring (bicyclic) bond motifs is 20. The molecule has 2 aliphatic heterocycles. The molecule has 0 fully saturated rings. The molecule has 5 heteroatoms. The average Bonchev–Trinajstić information content (AvgIpc) is 4.11. The van der Waals surface area contributed by atoms with Crippen LogP contribution in [0.4, 0.5) is 17.1 Å². The van der Waals surface area contributed by atoms with Gasteiger partial charge in [-0.15, -0.1) is 0 Å². The molecule has 3 aromatic heterocycles. The van der Waals surface area contributed by atoms with Crippen LogP contribution >= 0.6 is 0 Å². The molecule has 3 aliphatic rings. The van der Waals surface area contributed by atoms with E-state index in [0.29, 0.717) is 0 Å². The summed E-state index contributed by atoms with van der Waals surface area (Å²) in [6, 6.07) is 76.8. The van der Waals surface area contributed by atoms with E-state index in [9.17, 15) is 0 Å². The summed E-state index contributed by atoms with van der Waals surface area (Å²) in [4.78, 5) is 2.55. The zero-order chi connectivity index (χ0) is 43.7. The predicted molar refractivity (Wildman–Crippen MR) is 277 cm³/mol. The van der Waals surface area contributed by atoms with Crippen LogP contribution in [0.2, 0.25) is 0 Å². The molecule has 67 heavy (non-hydrogen) atoms. The highest BCUT2D eigenvalue weighted by molar-refractivity contribution is 6.99. The monoisotopic (exact) mass is 852 g/mol. The van der Waals surface area contributed by atoms with Crippen molar-refractivity contribution in [3.8, 4) is 16.8 Å². The summed E-state index contributed by atoms with van der Waals surface area (Å²) < 4.78 is 16.2. The molecule has 0 atom stereocenters. The van der Waals surface area contributed by atoms with E-state index in [-0.39, 0.29) is 6.71 Å². The third kappa shape index (κ3) is 4.44. The lowest BCUT2D eigenvalue weighted by Gasteiger charge is -2.47. The molecule has 0 saturated heterocycles. The van der Waals surface area contributed by atoms with Crippen LogP contribution in [0, 0.1) is 6.92 Å². The lowest BCUT2D eigenvalue weighted by atomic mass is 9.29. The molecule has 16 rings (SSSR count). The summed E-state index contributed by atoms with van der Waals surface area (Å²) in [6.07, 6.45) is 0. The minimum atomic E-state index is -0.690. The Morgan fingerprint density at radius 1 is 0.388 bits per heavy atom. The first-order chi connectivity index (χ1) is 33.1. The van der Waals surface area contributed by atoms with Crippen molar-refractivity contribution in [1.82, 2.24) is 4.57 Å². The van der Waals surface area contributed by atoms with E-state index >= 15 is 0 Å². The first-order valence-electron chi connectivity index (χ1n) is 23.3. The summed E-state index contributed by atoms with van der Waals surface area (Å²) in [5.74, 6) is 0. The Hall–Kier alpha value is -8.54. The Bertz CT molecular complexity index is 4220. The smallest absolute Gasteiger partial charge is 0.247 e. The van der Waals surface area contributed by atoms with Crippen LogP contribution < -0.4 is 21.3 Å². The molecule has 0 bridgehead atoms. The van der Waals surface area contributed by atoms with Crippen molar-refractivity contribution >= 4 is 106 Å². The topological polar surface area (TPSA) is 34.5 Å². The van der Waals surface area contributed by atoms with E-state index in [1.54, 1.807) is 0 Å². The molecule has 10 aromatic carbocycles. The molecule has 1 aliphatic carbocycles. The fraction of sp³-hybridized carbons (Fsp3) is 0.0323. The van der Waals surface area contributed by atoms with Crippen LogP contribution in [-0.4, -0.2) is 11.3 Å². The van der Waals surface area contributed by atoms with Crippen LogP contribution in [0.3, 0.4) is 0 Å². The molecule has 0 N–H and O–H groups in total. The maximum atomic E-state index is 6.85. The van der Waals surface area contributed by atoms with Gasteiger partial charge >= 0.3 is 0 Å². The molecule has 310 valence electrons. The van der Waals surface area contributed by atoms with Gasteiger partial charge in [0.15, 0.2) is 0 Å². The number of benzene rings is 10. The zero-order valence-corrected chi connectivity index (χ0v) is 36.4. The lowest BCUT2D eigenvalue weighted by molar-refractivity contribution is 0.668. The van der Waals surface area contributed by atoms with Gasteiger partial charge in [0, 0.05) is 55.1 Å². The van der Waals surface area contributed by atoms with Gasteiger partial charge in [-0.05, 0) is 124 Å². The minimum absolute atomic E-state index is 0.162. The quantitative estimate of drug-likeness (QED) is 0.163. The van der Waals surface area contributed by atoms with Crippen molar-refractivity contribution in [1.29, 1.82) is 0 Å². The Balaban J connectivity index is 1.15. The van der Waals surface area contributed by atoms with Gasteiger partial charge in [-0.3, -0.25) is 0 Å². The SMILES string of the molecule is Cc1ccc(N2c3cc4c(cc3B3c5cc6oc7ccccc7c6cc5C5(c6ccccc6-c6ccccc65)c5cc(-n6c7ccccc7c7ccccc76)cc2c53)oc2ccccc24)cc1. The Morgan fingerprint density at radius 2 is 0.925 bits per heavy atom. The summed E-state index contributed by atoms with van der Waals surface area (Å²) >= 11 is 0. The van der Waals surface area contributed by atoms with E-state index in [1.807, 2.05) is 0 Å². The number of hydrogen-bond donors (Lipinski definition) is 0. The highest BCUT2D eigenvalue weighted by Crippen LogP contribution is 2.59. The van der Waals surface area contributed by atoms with Crippen LogP contribution in [0.1, 0.15) is 27.8 Å². The van der Waals surface area contributed by atoms with Crippen molar-refractivity contribution < 1.29 is 8.83 Å². The maximum Gasteiger partial charge on any atom is 0.247 e. The molecular formula is C62H37BN2O2. The number of aryl methyl sites for hydroxylation is 1. The van der Waals surface area contributed by atoms with Gasteiger partial charge in [0.1, 0.15) is 22.3 Å². The average molecular weight is 853 g/mol. The molecule has 5 heterocycles. The third-order valence-electron chi connectivity index (χ3n) is 15.5. The van der Waals surface area contributed by atoms with E-state index in [4.69, 9.17) is 8.83 Å². The molecule has 0 radical (unpaired) electrons. The Labute approximate surface area is 385 Å². The highest BCUT2D eigenvalue weighted by atomic mass is 16.3. The van der Waals surface area contributed by atoms with Gasteiger partial charge in [-0.2, -0.15) is 0 Å². The molecule has 0 amide bonds. The van der Waals surface area contributed by atoms with Gasteiger partial charge in [-0.1, -0.05) is 144 Å². The number of hydrogen-bond acceptors (Lipinski definition) is 3. The summed E-state index contributed by atoms with van der Waals surface area (Å²) in [5, 5.41) is 6.95. The minimum Gasteiger partial charge on any atom is -0.456 e. The summed E-state index contributed by atoms with van der Waals surface area (Å²) in [6.45, 7) is 2.01. The fourth-order valence-electron chi connectivity index (χ4n) is 12.8. The second-order valence-electron chi connectivity index (χ2n) is 18.8. The standard InChI is InChI=1S/C62H37BN2O2/c1-36-26-28-37(29-27-36)64-55-33-46-44-19-7-13-25-58(44)67-60(46)35-52(55)63-51-34-59-45(43-18-6-12-24-57(43)66-59)32-49(51)62(47-20-8-2-14-39(47)40-15-3-9-21-48(40)62)50-30-38(31-56(64)61(50)63)65-53-22-10-4-16-41(53)42-17-5-11-23-54(42)65/h2-35H,1H3. The summed E-state index contributed by atoms with van der Waals surface area (Å²) in [7, 11) is 0. The van der Waals surface area contributed by atoms with Gasteiger partial charge in [0.2, 0.25) is 6.71 Å². The Morgan fingerprint density at radius 3 is 1.57 bits per heavy atom. The largest absolute Gasteiger partial charge is 0.456 e. The van der Waals surface area contributed by atoms with Gasteiger partial charge < -0.3 is 18.3 Å². The normalized spacial score (nSPS) is 14.1. The first kappa shape index (κ1) is 35.8. The highest BCUT2D eigenvalue weighted by Gasteiger charge is 2.55. The lowest BCUT2D eigenvalue weighted by Crippen LogP contribution is -2.65. The van der Waals surface area contributed by atoms with Crippen LogP contribution in [0.5, 0.6) is 0 Å². The van der Waals surface area contributed by atoms with Crippen molar-refractivity contribution in [3.63, 3.8) is 0 Å². The van der Waals surface area contributed by atoms with Crippen molar-refractivity contribution in [3.05, 3.63) is 234 Å². The molecule has 4 nitrogen and oxygen atoms in total. The number of aromatic nitrogens is 1. The van der Waals surface area contributed by atoms with Crippen LogP contribution in [0.25, 0.3) is 82.5 Å². The van der Waals surface area contributed by atoms with Gasteiger partial charge in [0.05, 0.1) is 16.4 Å². The molecule has 0 saturated carbocycles. The second-order valence-corrected chi connectivity index (χ2v) is 18.8. The van der Waals surface area contributed by atoms with E-state index in [1.165, 1.54) is 82.8 Å². The summed E-state index contributed by atoms with van der Waals surface area (Å²) in [5.41, 5.74) is 22.5. The van der Waals surface area contributed by atoms with Gasteiger partial charge in [-0.25, -0.2) is 0 Å². The van der Waals surface area contributed by atoms with E-state index < -0.39 is 5.41 Å². The first-order valence-corrected chi connectivity index (χ1v) is 23.3. The fourth-order valence-corrected chi connectivity index (χ4v) is 12.8. The second kappa shape index (κ2) is 12.6. The zero-order valence-electron chi connectivity index (χ0n) is 36.4. The van der Waals surface area contributed by atoms with Crippen molar-refractivity contribution in [2.75, 3.05) is 4.90 Å². The van der Waals surface area contributed by atoms with Gasteiger partial charge in [0.25, 0.3) is 0 Å². The molecule has 1 spiro atoms. The number of rotatable bonds is 2. The number of furan rings is 2. The number of para-hydroxylation sites is 4. The van der Waals surface area contributed by atoms with Crippen LogP contribution in [0.15, 0.2) is 215 Å². The van der Waals surface area contributed by atoms with Crippen molar-refractivity contribution in [2.24, 2.45) is 0 Å². The number of anilines is 3. The van der Waals surface area contributed by atoms with E-state index in [0.717, 1.165) is 60.9 Å². The van der Waals surface area contributed by atoms with Crippen molar-refractivity contribution in [2.45, 2.75) is 12.3 Å². The van der Waals surface area contributed by atoms with Crippen LogP contribution in [-0.2, 0) is 5.41 Å². The predicted octanol–water partition coefficient (Wildman–Crippen LogP) is 13.9. The van der Waals surface area contributed by atoms with E-state index in [2.05, 4.69) is 223 Å². The third-order valence-corrected chi connectivity index (χ3v) is 15.5. The number of nitrogens with zero attached hydrogens (tertiary/aromatic N) is 2. The molecular weight excluding hydrogens is 816 g/mol.